The molecule has 0 amide bonds. The second-order valence-electron chi connectivity index (χ2n) is 2.26. The van der Waals surface area contributed by atoms with E-state index in [4.69, 9.17) is 0 Å². The summed E-state index contributed by atoms with van der Waals surface area (Å²) >= 11 is 1.06. The highest BCUT2D eigenvalue weighted by Crippen LogP contribution is 2.12. The van der Waals surface area contributed by atoms with E-state index in [1.807, 2.05) is 0 Å². The SMILES string of the molecule is O=C([O-])c1ccc2nsnc2c1. The zero-order valence-electron chi connectivity index (χ0n) is 5.85. The Hall–Kier alpha value is -1.49. The van der Waals surface area contributed by atoms with Crippen LogP contribution in [-0.4, -0.2) is 14.7 Å². The first-order valence-electron chi connectivity index (χ1n) is 3.21. The number of fused-ring (bicyclic) bond motifs is 1. The van der Waals surface area contributed by atoms with Crippen LogP contribution in [0.1, 0.15) is 10.4 Å². The quantitative estimate of drug-likeness (QED) is 0.620. The van der Waals surface area contributed by atoms with E-state index >= 15 is 0 Å². The van der Waals surface area contributed by atoms with Gasteiger partial charge in [-0.25, -0.2) is 0 Å². The Balaban J connectivity index is 2.68. The predicted octanol–water partition coefficient (Wildman–Crippen LogP) is 0.0548. The van der Waals surface area contributed by atoms with Crippen LogP contribution in [0.2, 0.25) is 0 Å². The molecule has 0 unspecified atom stereocenters. The Labute approximate surface area is 71.8 Å². The number of aromatic nitrogens is 2. The standard InChI is InChI=1S/C7H4N2O2S/c10-7(11)4-1-2-5-6(3-4)9-12-8-5/h1-3H,(H,10,11)/p-1. The van der Waals surface area contributed by atoms with Gasteiger partial charge in [-0.15, -0.1) is 0 Å². The van der Waals surface area contributed by atoms with Crippen molar-refractivity contribution in [1.29, 1.82) is 0 Å². The van der Waals surface area contributed by atoms with E-state index in [9.17, 15) is 9.90 Å². The molecule has 0 fully saturated rings. The average Bonchev–Trinajstić information content (AvgIpc) is 2.49. The van der Waals surface area contributed by atoms with Gasteiger partial charge < -0.3 is 9.90 Å². The molecule has 0 saturated carbocycles. The molecule has 0 saturated heterocycles. The van der Waals surface area contributed by atoms with Crippen LogP contribution in [0.15, 0.2) is 18.2 Å². The van der Waals surface area contributed by atoms with E-state index in [0.29, 0.717) is 11.0 Å². The molecule has 2 rings (SSSR count). The number of aromatic carboxylic acids is 1. The Morgan fingerprint density at radius 1 is 1.33 bits per heavy atom. The maximum absolute atomic E-state index is 10.4. The minimum absolute atomic E-state index is 0.134. The fourth-order valence-corrected chi connectivity index (χ4v) is 1.43. The van der Waals surface area contributed by atoms with Crippen LogP contribution in [-0.2, 0) is 0 Å². The van der Waals surface area contributed by atoms with Crippen LogP contribution in [0.5, 0.6) is 0 Å². The van der Waals surface area contributed by atoms with Crippen LogP contribution in [0.3, 0.4) is 0 Å². The summed E-state index contributed by atoms with van der Waals surface area (Å²) in [5.41, 5.74) is 1.45. The molecule has 1 heterocycles. The molecule has 0 aliphatic carbocycles. The number of carbonyl (C=O) groups is 1. The van der Waals surface area contributed by atoms with E-state index in [-0.39, 0.29) is 5.56 Å². The van der Waals surface area contributed by atoms with E-state index in [0.717, 1.165) is 11.7 Å². The summed E-state index contributed by atoms with van der Waals surface area (Å²) in [6, 6.07) is 4.52. The number of rotatable bonds is 1. The smallest absolute Gasteiger partial charge is 0.105 e. The van der Waals surface area contributed by atoms with Gasteiger partial charge in [-0.1, -0.05) is 6.07 Å². The van der Waals surface area contributed by atoms with Crippen LogP contribution >= 0.6 is 11.7 Å². The van der Waals surface area contributed by atoms with Gasteiger partial charge in [-0.3, -0.25) is 0 Å². The van der Waals surface area contributed by atoms with E-state index in [1.165, 1.54) is 12.1 Å². The third kappa shape index (κ3) is 1.04. The first-order valence-corrected chi connectivity index (χ1v) is 3.94. The second kappa shape index (κ2) is 2.53. The first-order chi connectivity index (χ1) is 5.77. The summed E-state index contributed by atoms with van der Waals surface area (Å²) in [6.45, 7) is 0. The molecule has 0 N–H and O–H groups in total. The lowest BCUT2D eigenvalue weighted by molar-refractivity contribution is -0.255. The number of carboxylic acid groups (broad SMARTS) is 1. The lowest BCUT2D eigenvalue weighted by Gasteiger charge is -1.99. The maximum Gasteiger partial charge on any atom is 0.105 e. The third-order valence-electron chi connectivity index (χ3n) is 1.49. The van der Waals surface area contributed by atoms with Crippen molar-refractivity contribution in [1.82, 2.24) is 8.75 Å². The molecule has 0 bridgehead atoms. The van der Waals surface area contributed by atoms with Crippen molar-refractivity contribution in [2.45, 2.75) is 0 Å². The van der Waals surface area contributed by atoms with Crippen molar-refractivity contribution in [3.63, 3.8) is 0 Å². The van der Waals surface area contributed by atoms with E-state index in [2.05, 4.69) is 8.75 Å². The van der Waals surface area contributed by atoms with E-state index < -0.39 is 5.97 Å². The molecule has 1 aromatic carbocycles. The summed E-state index contributed by atoms with van der Waals surface area (Å²) in [7, 11) is 0. The Bertz CT molecular complexity index is 438. The maximum atomic E-state index is 10.4. The van der Waals surface area contributed by atoms with Gasteiger partial charge in [-0.05, 0) is 17.7 Å². The van der Waals surface area contributed by atoms with Gasteiger partial charge in [0.25, 0.3) is 0 Å². The average molecular weight is 179 g/mol. The summed E-state index contributed by atoms with van der Waals surface area (Å²) in [4.78, 5) is 10.4. The zero-order chi connectivity index (χ0) is 8.55. The van der Waals surface area contributed by atoms with Gasteiger partial charge in [0.2, 0.25) is 0 Å². The molecule has 2 aromatic rings. The summed E-state index contributed by atoms with van der Waals surface area (Å²) in [5, 5.41) is 10.4. The minimum Gasteiger partial charge on any atom is -0.545 e. The van der Waals surface area contributed by atoms with Crippen molar-refractivity contribution < 1.29 is 9.90 Å². The summed E-state index contributed by atoms with van der Waals surface area (Å²) in [5.74, 6) is -1.19. The predicted molar refractivity (Wildman–Crippen MR) is 41.7 cm³/mol. The highest BCUT2D eigenvalue weighted by Gasteiger charge is 1.99. The van der Waals surface area contributed by atoms with Crippen molar-refractivity contribution in [2.75, 3.05) is 0 Å². The van der Waals surface area contributed by atoms with Crippen LogP contribution in [0, 0.1) is 0 Å². The van der Waals surface area contributed by atoms with Crippen LogP contribution in [0.25, 0.3) is 11.0 Å². The first kappa shape index (κ1) is 7.17. The number of nitrogens with zero attached hydrogens (tertiary/aromatic N) is 2. The fourth-order valence-electron chi connectivity index (χ4n) is 0.909. The van der Waals surface area contributed by atoms with Crippen molar-refractivity contribution in [2.24, 2.45) is 0 Å². The Kier molecular flexibility index (Phi) is 1.51. The highest BCUT2D eigenvalue weighted by atomic mass is 32.1. The highest BCUT2D eigenvalue weighted by molar-refractivity contribution is 7.00. The largest absolute Gasteiger partial charge is 0.545 e. The number of benzene rings is 1. The van der Waals surface area contributed by atoms with Gasteiger partial charge >= 0.3 is 0 Å². The molecule has 60 valence electrons. The number of carboxylic acids is 1. The topological polar surface area (TPSA) is 65.9 Å². The molecule has 0 spiro atoms. The number of hydrogen-bond donors (Lipinski definition) is 0. The molecule has 0 atom stereocenters. The molecule has 0 aliphatic heterocycles. The van der Waals surface area contributed by atoms with Crippen LogP contribution in [0.4, 0.5) is 0 Å². The molecule has 12 heavy (non-hydrogen) atoms. The molecule has 0 radical (unpaired) electrons. The monoisotopic (exact) mass is 179 g/mol. The lowest BCUT2D eigenvalue weighted by Crippen LogP contribution is -2.21. The van der Waals surface area contributed by atoms with Gasteiger partial charge in [0.1, 0.15) is 11.0 Å². The lowest BCUT2D eigenvalue weighted by atomic mass is 10.2. The number of hydrogen-bond acceptors (Lipinski definition) is 5. The van der Waals surface area contributed by atoms with Crippen molar-refractivity contribution in [3.05, 3.63) is 23.8 Å². The molecule has 5 heteroatoms. The Morgan fingerprint density at radius 3 is 2.83 bits per heavy atom. The molecule has 0 aliphatic rings. The molecule has 4 nitrogen and oxygen atoms in total. The van der Waals surface area contributed by atoms with E-state index in [1.54, 1.807) is 6.07 Å². The van der Waals surface area contributed by atoms with Gasteiger partial charge in [0, 0.05) is 0 Å². The number of carbonyl (C=O) groups excluding carboxylic acids is 1. The molecular weight excluding hydrogens is 176 g/mol. The summed E-state index contributed by atoms with van der Waals surface area (Å²) in [6.07, 6.45) is 0. The van der Waals surface area contributed by atoms with Gasteiger partial charge in [-0.2, -0.15) is 8.75 Å². The summed E-state index contributed by atoms with van der Waals surface area (Å²) < 4.78 is 7.84. The zero-order valence-corrected chi connectivity index (χ0v) is 6.67. The minimum atomic E-state index is -1.19. The van der Waals surface area contributed by atoms with Gasteiger partial charge in [0.15, 0.2) is 0 Å². The normalized spacial score (nSPS) is 10.3. The van der Waals surface area contributed by atoms with Crippen molar-refractivity contribution >= 4 is 28.7 Å². The third-order valence-corrected chi connectivity index (χ3v) is 2.05. The molecule has 1 aromatic heterocycles. The second-order valence-corrected chi connectivity index (χ2v) is 2.78. The van der Waals surface area contributed by atoms with Gasteiger partial charge in [0.05, 0.1) is 17.7 Å². The van der Waals surface area contributed by atoms with Crippen LogP contribution < -0.4 is 5.11 Å². The Morgan fingerprint density at radius 2 is 2.08 bits per heavy atom. The fraction of sp³-hybridized carbons (Fsp3) is 0. The molecular formula is C7H3N2O2S-. The van der Waals surface area contributed by atoms with Crippen molar-refractivity contribution in [3.8, 4) is 0 Å².